The summed E-state index contributed by atoms with van der Waals surface area (Å²) in [6.07, 6.45) is 4.52. The highest BCUT2D eigenvalue weighted by Gasteiger charge is 2.16. The van der Waals surface area contributed by atoms with Gasteiger partial charge in [0.25, 0.3) is 0 Å². The van der Waals surface area contributed by atoms with Gasteiger partial charge < -0.3 is 10.2 Å². The van der Waals surface area contributed by atoms with Gasteiger partial charge in [-0.1, -0.05) is 0 Å². The molecule has 0 amide bonds. The number of piperidine rings is 1. The zero-order valence-electron chi connectivity index (χ0n) is 11.9. The third kappa shape index (κ3) is 3.38. The largest absolute Gasteiger partial charge is 0.385 e. The van der Waals surface area contributed by atoms with Crippen molar-refractivity contribution >= 4 is 17.0 Å². The number of anilines is 1. The van der Waals surface area contributed by atoms with Crippen molar-refractivity contribution in [2.75, 3.05) is 32.0 Å². The van der Waals surface area contributed by atoms with Gasteiger partial charge in [-0.25, -0.2) is 4.98 Å². The number of rotatable bonds is 4. The predicted octanol–water partition coefficient (Wildman–Crippen LogP) is 3.56. The molecule has 0 spiro atoms. The molecule has 1 aromatic carbocycles. The van der Waals surface area contributed by atoms with Crippen molar-refractivity contribution in [3.8, 4) is 10.6 Å². The van der Waals surface area contributed by atoms with Gasteiger partial charge in [0.05, 0.1) is 0 Å². The Labute approximate surface area is 124 Å². The van der Waals surface area contributed by atoms with E-state index in [2.05, 4.69) is 46.5 Å². The van der Waals surface area contributed by atoms with Gasteiger partial charge in [-0.15, -0.1) is 11.3 Å². The van der Waals surface area contributed by atoms with Gasteiger partial charge in [-0.05, 0) is 56.6 Å². The van der Waals surface area contributed by atoms with Crippen LogP contribution in [0.2, 0.25) is 0 Å². The van der Waals surface area contributed by atoms with Crippen molar-refractivity contribution in [2.24, 2.45) is 5.92 Å². The average molecular weight is 287 g/mol. The summed E-state index contributed by atoms with van der Waals surface area (Å²) in [5.74, 6) is 0.771. The monoisotopic (exact) mass is 287 g/mol. The zero-order valence-corrected chi connectivity index (χ0v) is 12.7. The summed E-state index contributed by atoms with van der Waals surface area (Å²) in [5.41, 5.74) is 2.40. The maximum absolute atomic E-state index is 4.34. The maximum atomic E-state index is 4.34. The molecule has 0 radical (unpaired) electrons. The Balaban J connectivity index is 1.56. The van der Waals surface area contributed by atoms with Gasteiger partial charge in [0, 0.05) is 35.9 Å². The number of thiazole rings is 1. The van der Waals surface area contributed by atoms with E-state index < -0.39 is 0 Å². The lowest BCUT2D eigenvalue weighted by Gasteiger charge is -2.29. The van der Waals surface area contributed by atoms with Crippen LogP contribution in [0.4, 0.5) is 5.69 Å². The molecule has 106 valence electrons. The second kappa shape index (κ2) is 6.37. The molecule has 2 aromatic rings. The highest BCUT2D eigenvalue weighted by atomic mass is 32.1. The van der Waals surface area contributed by atoms with E-state index in [1.165, 1.54) is 37.2 Å². The molecule has 1 fully saturated rings. The van der Waals surface area contributed by atoms with Crippen molar-refractivity contribution in [1.29, 1.82) is 0 Å². The second-order valence-electron chi connectivity index (χ2n) is 5.57. The zero-order chi connectivity index (χ0) is 13.8. The molecule has 0 bridgehead atoms. The van der Waals surface area contributed by atoms with Gasteiger partial charge in [0.1, 0.15) is 5.01 Å². The molecule has 1 N–H and O–H groups in total. The Hall–Kier alpha value is -1.39. The van der Waals surface area contributed by atoms with Gasteiger partial charge >= 0.3 is 0 Å². The van der Waals surface area contributed by atoms with Crippen LogP contribution in [0.5, 0.6) is 0 Å². The van der Waals surface area contributed by atoms with Gasteiger partial charge in [-0.2, -0.15) is 0 Å². The maximum Gasteiger partial charge on any atom is 0.123 e. The molecule has 1 aliphatic rings. The molecular weight excluding hydrogens is 266 g/mol. The summed E-state index contributed by atoms with van der Waals surface area (Å²) in [6, 6.07) is 8.61. The molecule has 1 saturated heterocycles. The first kappa shape index (κ1) is 13.6. The third-order valence-electron chi connectivity index (χ3n) is 3.88. The summed E-state index contributed by atoms with van der Waals surface area (Å²) in [6.45, 7) is 3.53. The van der Waals surface area contributed by atoms with E-state index in [0.29, 0.717) is 0 Å². The fraction of sp³-hybridized carbons (Fsp3) is 0.438. The molecule has 0 aliphatic carbocycles. The van der Waals surface area contributed by atoms with Crippen LogP contribution in [-0.4, -0.2) is 36.6 Å². The van der Waals surface area contributed by atoms with Crippen molar-refractivity contribution in [3.63, 3.8) is 0 Å². The predicted molar refractivity (Wildman–Crippen MR) is 86.3 cm³/mol. The van der Waals surface area contributed by atoms with E-state index in [1.54, 1.807) is 11.3 Å². The highest BCUT2D eigenvalue weighted by Crippen LogP contribution is 2.23. The summed E-state index contributed by atoms with van der Waals surface area (Å²) in [4.78, 5) is 6.77. The molecule has 1 aromatic heterocycles. The fourth-order valence-corrected chi connectivity index (χ4v) is 3.44. The molecule has 4 heteroatoms. The number of hydrogen-bond donors (Lipinski definition) is 1. The minimum Gasteiger partial charge on any atom is -0.385 e. The second-order valence-corrected chi connectivity index (χ2v) is 6.46. The Morgan fingerprint density at radius 3 is 2.90 bits per heavy atom. The van der Waals surface area contributed by atoms with Crippen molar-refractivity contribution < 1.29 is 0 Å². The first-order valence-electron chi connectivity index (χ1n) is 7.23. The molecular formula is C16H21N3S. The molecule has 3 nitrogen and oxygen atoms in total. The van der Waals surface area contributed by atoms with E-state index in [-0.39, 0.29) is 0 Å². The fourth-order valence-electron chi connectivity index (χ4n) is 2.80. The van der Waals surface area contributed by atoms with Gasteiger partial charge in [-0.3, -0.25) is 0 Å². The van der Waals surface area contributed by atoms with Crippen LogP contribution in [0.25, 0.3) is 10.6 Å². The van der Waals surface area contributed by atoms with Crippen LogP contribution in [0, 0.1) is 5.92 Å². The summed E-state index contributed by atoms with van der Waals surface area (Å²) in [7, 11) is 2.22. The first-order chi connectivity index (χ1) is 9.81. The third-order valence-corrected chi connectivity index (χ3v) is 4.70. The van der Waals surface area contributed by atoms with Crippen LogP contribution in [0.15, 0.2) is 35.8 Å². The lowest BCUT2D eigenvalue weighted by Crippen LogP contribution is -2.35. The van der Waals surface area contributed by atoms with E-state index in [1.807, 2.05) is 11.6 Å². The molecule has 1 unspecified atom stereocenters. The van der Waals surface area contributed by atoms with E-state index in [9.17, 15) is 0 Å². The van der Waals surface area contributed by atoms with Gasteiger partial charge in [0.2, 0.25) is 0 Å². The van der Waals surface area contributed by atoms with Crippen molar-refractivity contribution in [2.45, 2.75) is 12.8 Å². The van der Waals surface area contributed by atoms with E-state index in [0.717, 1.165) is 17.5 Å². The quantitative estimate of drug-likeness (QED) is 0.932. The number of nitrogens with one attached hydrogen (secondary N) is 1. The number of benzene rings is 1. The molecule has 3 rings (SSSR count). The minimum absolute atomic E-state index is 0.771. The normalized spacial score (nSPS) is 19.9. The average Bonchev–Trinajstić information content (AvgIpc) is 3.00. The van der Waals surface area contributed by atoms with Crippen LogP contribution >= 0.6 is 11.3 Å². The molecule has 1 atom stereocenters. The lowest BCUT2D eigenvalue weighted by atomic mass is 9.98. The van der Waals surface area contributed by atoms with E-state index >= 15 is 0 Å². The van der Waals surface area contributed by atoms with Crippen LogP contribution in [0.1, 0.15) is 12.8 Å². The minimum atomic E-state index is 0.771. The Kier molecular flexibility index (Phi) is 4.33. The Morgan fingerprint density at radius 2 is 2.20 bits per heavy atom. The smallest absolute Gasteiger partial charge is 0.123 e. The number of hydrogen-bond acceptors (Lipinski definition) is 4. The van der Waals surface area contributed by atoms with Gasteiger partial charge in [0.15, 0.2) is 0 Å². The van der Waals surface area contributed by atoms with Crippen molar-refractivity contribution in [1.82, 2.24) is 9.88 Å². The van der Waals surface area contributed by atoms with Crippen LogP contribution in [0.3, 0.4) is 0 Å². The number of aromatic nitrogens is 1. The lowest BCUT2D eigenvalue weighted by molar-refractivity contribution is 0.217. The number of likely N-dealkylation sites (tertiary alicyclic amines) is 1. The first-order valence-corrected chi connectivity index (χ1v) is 8.11. The van der Waals surface area contributed by atoms with E-state index in [4.69, 9.17) is 0 Å². The Morgan fingerprint density at radius 1 is 1.35 bits per heavy atom. The molecule has 0 saturated carbocycles. The summed E-state index contributed by atoms with van der Waals surface area (Å²) >= 11 is 1.68. The SMILES string of the molecule is CN1CCCC(CNc2ccc(-c3nccs3)cc2)C1. The molecule has 2 heterocycles. The summed E-state index contributed by atoms with van der Waals surface area (Å²) in [5, 5.41) is 6.67. The van der Waals surface area contributed by atoms with Crippen molar-refractivity contribution in [3.05, 3.63) is 35.8 Å². The highest BCUT2D eigenvalue weighted by molar-refractivity contribution is 7.13. The standard InChI is InChI=1S/C16H21N3S/c1-19-9-2-3-13(12-19)11-18-15-6-4-14(5-7-15)16-17-8-10-20-16/h4-8,10,13,18H,2-3,9,11-12H2,1H3. The van der Waals surface area contributed by atoms with Crippen LogP contribution < -0.4 is 5.32 Å². The molecule has 1 aliphatic heterocycles. The summed E-state index contributed by atoms with van der Waals surface area (Å²) < 4.78 is 0. The van der Waals surface area contributed by atoms with Crippen LogP contribution in [-0.2, 0) is 0 Å². The molecule has 20 heavy (non-hydrogen) atoms. The number of nitrogens with zero attached hydrogens (tertiary/aromatic N) is 2. The Bertz CT molecular complexity index is 521. The topological polar surface area (TPSA) is 28.2 Å².